The summed E-state index contributed by atoms with van der Waals surface area (Å²) in [7, 11) is 0. The Morgan fingerprint density at radius 1 is 0.875 bits per heavy atom. The number of rotatable bonds is 0. The van der Waals surface area contributed by atoms with Gasteiger partial charge in [-0.2, -0.15) is 0 Å². The largest absolute Gasteiger partial charge is 0.382 e. The molecule has 0 spiro atoms. The quantitative estimate of drug-likeness (QED) is 0.637. The van der Waals surface area contributed by atoms with Crippen molar-refractivity contribution < 1.29 is 0 Å². The van der Waals surface area contributed by atoms with Crippen molar-refractivity contribution in [3.05, 3.63) is 47.8 Å². The maximum atomic E-state index is 5.65. The van der Waals surface area contributed by atoms with Crippen molar-refractivity contribution in [2.45, 2.75) is 0 Å². The number of aromatic nitrogens is 2. The molecular formula is C12H10N4. The Bertz CT molecular complexity index is 532. The van der Waals surface area contributed by atoms with Crippen LogP contribution in [0.2, 0.25) is 0 Å². The molecule has 0 atom stereocenters. The van der Waals surface area contributed by atoms with E-state index in [9.17, 15) is 0 Å². The highest BCUT2D eigenvalue weighted by Gasteiger charge is 2.01. The van der Waals surface area contributed by atoms with Gasteiger partial charge in [0.25, 0.3) is 0 Å². The molecule has 0 bridgehead atoms. The lowest BCUT2D eigenvalue weighted by Crippen LogP contribution is -2.01. The molecule has 2 rings (SSSR count). The van der Waals surface area contributed by atoms with Crippen molar-refractivity contribution in [2.75, 3.05) is 11.5 Å². The summed E-state index contributed by atoms with van der Waals surface area (Å²) < 4.78 is 0. The number of anilines is 2. The number of hydrogen-bond donors (Lipinski definition) is 2. The summed E-state index contributed by atoms with van der Waals surface area (Å²) in [5.74, 6) is 6.43. The average molecular weight is 210 g/mol. The molecule has 4 heteroatoms. The molecule has 2 aromatic rings. The lowest BCUT2D eigenvalue weighted by atomic mass is 10.2. The summed E-state index contributed by atoms with van der Waals surface area (Å²) in [5, 5.41) is 0. The molecule has 4 N–H and O–H groups in total. The molecule has 78 valence electrons. The molecule has 0 amide bonds. The van der Waals surface area contributed by atoms with E-state index in [4.69, 9.17) is 11.5 Å². The second-order valence-corrected chi connectivity index (χ2v) is 3.14. The normalized spacial score (nSPS) is 9.25. The van der Waals surface area contributed by atoms with E-state index in [-0.39, 0.29) is 0 Å². The summed E-state index contributed by atoms with van der Waals surface area (Å²) in [6, 6.07) is 9.57. The molecule has 0 aliphatic heterocycles. The molecule has 1 aromatic carbocycles. The topological polar surface area (TPSA) is 77.8 Å². The molecular weight excluding hydrogens is 200 g/mol. The van der Waals surface area contributed by atoms with Gasteiger partial charge in [0.1, 0.15) is 23.5 Å². The van der Waals surface area contributed by atoms with Gasteiger partial charge in [-0.25, -0.2) is 9.97 Å². The predicted octanol–water partition coefficient (Wildman–Crippen LogP) is 1.04. The van der Waals surface area contributed by atoms with Crippen LogP contribution in [0.25, 0.3) is 0 Å². The number of benzene rings is 1. The van der Waals surface area contributed by atoms with Crippen molar-refractivity contribution in [1.82, 2.24) is 9.97 Å². The SMILES string of the molecule is Nc1ncnc(N)c1C#Cc1ccccc1. The molecule has 0 aliphatic rings. The summed E-state index contributed by atoms with van der Waals surface area (Å²) >= 11 is 0. The van der Waals surface area contributed by atoms with E-state index in [1.54, 1.807) is 0 Å². The van der Waals surface area contributed by atoms with Crippen LogP contribution in [0.5, 0.6) is 0 Å². The van der Waals surface area contributed by atoms with Gasteiger partial charge in [-0.05, 0) is 12.1 Å². The first-order valence-electron chi connectivity index (χ1n) is 4.70. The second kappa shape index (κ2) is 4.32. The van der Waals surface area contributed by atoms with Gasteiger partial charge in [0.2, 0.25) is 0 Å². The fraction of sp³-hybridized carbons (Fsp3) is 0. The molecule has 16 heavy (non-hydrogen) atoms. The molecule has 0 saturated heterocycles. The first-order chi connectivity index (χ1) is 7.77. The maximum Gasteiger partial charge on any atom is 0.144 e. The van der Waals surface area contributed by atoms with Crippen LogP contribution in [0.1, 0.15) is 11.1 Å². The zero-order valence-corrected chi connectivity index (χ0v) is 8.51. The van der Waals surface area contributed by atoms with Crippen molar-refractivity contribution >= 4 is 11.6 Å². The fourth-order valence-corrected chi connectivity index (χ4v) is 1.20. The lowest BCUT2D eigenvalue weighted by molar-refractivity contribution is 1.17. The van der Waals surface area contributed by atoms with Crippen LogP contribution in [-0.4, -0.2) is 9.97 Å². The molecule has 1 heterocycles. The summed E-state index contributed by atoms with van der Waals surface area (Å²) in [6.45, 7) is 0. The number of hydrogen-bond acceptors (Lipinski definition) is 4. The van der Waals surface area contributed by atoms with E-state index in [0.29, 0.717) is 17.2 Å². The van der Waals surface area contributed by atoms with Crippen LogP contribution < -0.4 is 11.5 Å². The second-order valence-electron chi connectivity index (χ2n) is 3.14. The van der Waals surface area contributed by atoms with E-state index in [1.807, 2.05) is 30.3 Å². The smallest absolute Gasteiger partial charge is 0.144 e. The third kappa shape index (κ3) is 2.10. The molecule has 0 saturated carbocycles. The average Bonchev–Trinajstić information content (AvgIpc) is 2.30. The first kappa shape index (κ1) is 9.99. The molecule has 0 aliphatic carbocycles. The highest BCUT2D eigenvalue weighted by Crippen LogP contribution is 2.11. The third-order valence-corrected chi connectivity index (χ3v) is 2.01. The minimum absolute atomic E-state index is 0.302. The standard InChI is InChI=1S/C12H10N4/c13-11-10(12(14)16-8-15-11)7-6-9-4-2-1-3-5-9/h1-5,8H,(H4,13,14,15,16). The van der Waals surface area contributed by atoms with Crippen LogP contribution in [0.15, 0.2) is 36.7 Å². The Hall–Kier alpha value is -2.54. The minimum Gasteiger partial charge on any atom is -0.382 e. The monoisotopic (exact) mass is 210 g/mol. The van der Waals surface area contributed by atoms with Crippen LogP contribution in [0.4, 0.5) is 11.6 Å². The van der Waals surface area contributed by atoms with Gasteiger partial charge in [-0.3, -0.25) is 0 Å². The van der Waals surface area contributed by atoms with Gasteiger partial charge < -0.3 is 11.5 Å². The van der Waals surface area contributed by atoms with Crippen molar-refractivity contribution in [3.63, 3.8) is 0 Å². The van der Waals surface area contributed by atoms with Crippen LogP contribution in [0.3, 0.4) is 0 Å². The van der Waals surface area contributed by atoms with Crippen molar-refractivity contribution in [1.29, 1.82) is 0 Å². The molecule has 0 fully saturated rings. The molecule has 0 radical (unpaired) electrons. The van der Waals surface area contributed by atoms with Gasteiger partial charge in [0.15, 0.2) is 0 Å². The third-order valence-electron chi connectivity index (χ3n) is 2.01. The Kier molecular flexibility index (Phi) is 2.70. The zero-order valence-electron chi connectivity index (χ0n) is 8.51. The summed E-state index contributed by atoms with van der Waals surface area (Å²) in [5.41, 5.74) is 12.7. The van der Waals surface area contributed by atoms with Crippen LogP contribution in [-0.2, 0) is 0 Å². The Morgan fingerprint density at radius 3 is 2.12 bits per heavy atom. The lowest BCUT2D eigenvalue weighted by Gasteiger charge is -1.98. The minimum atomic E-state index is 0.302. The number of nitrogens with zero attached hydrogens (tertiary/aromatic N) is 2. The van der Waals surface area contributed by atoms with Crippen LogP contribution >= 0.6 is 0 Å². The zero-order chi connectivity index (χ0) is 11.4. The van der Waals surface area contributed by atoms with E-state index in [1.165, 1.54) is 6.33 Å². The number of nitrogens with two attached hydrogens (primary N) is 2. The van der Waals surface area contributed by atoms with Crippen LogP contribution in [0, 0.1) is 11.8 Å². The summed E-state index contributed by atoms with van der Waals surface area (Å²) in [4.78, 5) is 7.67. The molecule has 1 aromatic heterocycles. The van der Waals surface area contributed by atoms with Gasteiger partial charge in [-0.1, -0.05) is 30.0 Å². The highest BCUT2D eigenvalue weighted by atomic mass is 15.0. The van der Waals surface area contributed by atoms with E-state index in [0.717, 1.165) is 5.56 Å². The van der Waals surface area contributed by atoms with E-state index < -0.39 is 0 Å². The van der Waals surface area contributed by atoms with Gasteiger partial charge in [0, 0.05) is 5.56 Å². The Balaban J connectivity index is 2.39. The number of nitrogen functional groups attached to an aromatic ring is 2. The molecule has 4 nitrogen and oxygen atoms in total. The van der Waals surface area contributed by atoms with Gasteiger partial charge in [0.05, 0.1) is 0 Å². The first-order valence-corrected chi connectivity index (χ1v) is 4.70. The maximum absolute atomic E-state index is 5.65. The van der Waals surface area contributed by atoms with E-state index in [2.05, 4.69) is 21.8 Å². The van der Waals surface area contributed by atoms with Gasteiger partial charge in [-0.15, -0.1) is 0 Å². The fourth-order valence-electron chi connectivity index (χ4n) is 1.20. The highest BCUT2D eigenvalue weighted by molar-refractivity contribution is 5.62. The van der Waals surface area contributed by atoms with Crippen molar-refractivity contribution in [3.8, 4) is 11.8 Å². The Morgan fingerprint density at radius 2 is 1.50 bits per heavy atom. The van der Waals surface area contributed by atoms with Crippen molar-refractivity contribution in [2.24, 2.45) is 0 Å². The Labute approximate surface area is 93.3 Å². The van der Waals surface area contributed by atoms with Gasteiger partial charge >= 0.3 is 0 Å². The molecule has 0 unspecified atom stereocenters. The predicted molar refractivity (Wildman–Crippen MR) is 63.3 cm³/mol. The van der Waals surface area contributed by atoms with E-state index >= 15 is 0 Å². The summed E-state index contributed by atoms with van der Waals surface area (Å²) in [6.07, 6.45) is 1.32.